The van der Waals surface area contributed by atoms with Crippen molar-refractivity contribution in [3.05, 3.63) is 29.8 Å². The monoisotopic (exact) mass is 207 g/mol. The van der Waals surface area contributed by atoms with Crippen molar-refractivity contribution < 1.29 is 9.84 Å². The Kier molecular flexibility index (Phi) is 3.59. The minimum Gasteiger partial charge on any atom is -0.508 e. The molecule has 1 atom stereocenters. The van der Waals surface area contributed by atoms with Gasteiger partial charge in [0.05, 0.1) is 12.7 Å². The fraction of sp³-hybridized carbons (Fsp3) is 0.500. The van der Waals surface area contributed by atoms with Gasteiger partial charge in [0, 0.05) is 6.54 Å². The first-order chi connectivity index (χ1) is 7.34. The van der Waals surface area contributed by atoms with E-state index in [1.54, 1.807) is 12.1 Å². The van der Waals surface area contributed by atoms with E-state index in [0.29, 0.717) is 18.5 Å². The van der Waals surface area contributed by atoms with Gasteiger partial charge in [-0.05, 0) is 37.1 Å². The summed E-state index contributed by atoms with van der Waals surface area (Å²) in [7, 11) is 0. The number of nitrogens with one attached hydrogen (secondary N) is 1. The molecule has 1 aliphatic heterocycles. The van der Waals surface area contributed by atoms with E-state index in [1.807, 2.05) is 12.1 Å². The van der Waals surface area contributed by atoms with Crippen molar-refractivity contribution in [1.82, 2.24) is 5.32 Å². The smallest absolute Gasteiger partial charge is 0.115 e. The van der Waals surface area contributed by atoms with Crippen molar-refractivity contribution in [2.75, 3.05) is 13.1 Å². The predicted octanol–water partition coefficient (Wildman–Crippen LogP) is 1.66. The Balaban J connectivity index is 1.81. The van der Waals surface area contributed by atoms with Crippen molar-refractivity contribution in [3.8, 4) is 5.75 Å². The maximum atomic E-state index is 9.28. The molecule has 0 saturated carbocycles. The topological polar surface area (TPSA) is 41.5 Å². The highest BCUT2D eigenvalue weighted by Crippen LogP contribution is 2.14. The average molecular weight is 207 g/mol. The van der Waals surface area contributed by atoms with Gasteiger partial charge in [-0.1, -0.05) is 12.1 Å². The molecule has 1 saturated heterocycles. The largest absolute Gasteiger partial charge is 0.508 e. The third-order valence-corrected chi connectivity index (χ3v) is 2.65. The SMILES string of the molecule is Oc1cccc(CO[C@H]2CCCNC2)c1. The molecule has 1 aliphatic rings. The number of rotatable bonds is 3. The van der Waals surface area contributed by atoms with Gasteiger partial charge >= 0.3 is 0 Å². The second kappa shape index (κ2) is 5.14. The van der Waals surface area contributed by atoms with Gasteiger partial charge in [0.25, 0.3) is 0 Å². The van der Waals surface area contributed by atoms with Crippen LogP contribution < -0.4 is 5.32 Å². The van der Waals surface area contributed by atoms with Crippen LogP contribution in [-0.2, 0) is 11.3 Å². The Morgan fingerprint density at radius 3 is 3.13 bits per heavy atom. The molecule has 1 heterocycles. The van der Waals surface area contributed by atoms with Gasteiger partial charge < -0.3 is 15.2 Å². The van der Waals surface area contributed by atoms with Crippen molar-refractivity contribution >= 4 is 0 Å². The van der Waals surface area contributed by atoms with Gasteiger partial charge in [0.2, 0.25) is 0 Å². The second-order valence-corrected chi connectivity index (χ2v) is 3.95. The third kappa shape index (κ3) is 3.22. The summed E-state index contributed by atoms with van der Waals surface area (Å²) in [5.41, 5.74) is 1.03. The summed E-state index contributed by atoms with van der Waals surface area (Å²) in [6, 6.07) is 7.23. The molecule has 15 heavy (non-hydrogen) atoms. The Hall–Kier alpha value is -1.06. The van der Waals surface area contributed by atoms with E-state index in [4.69, 9.17) is 4.74 Å². The molecule has 0 unspecified atom stereocenters. The molecule has 3 heteroatoms. The lowest BCUT2D eigenvalue weighted by Gasteiger charge is -2.23. The lowest BCUT2D eigenvalue weighted by molar-refractivity contribution is 0.0252. The van der Waals surface area contributed by atoms with Crippen molar-refractivity contribution in [2.45, 2.75) is 25.6 Å². The molecule has 0 bridgehead atoms. The lowest BCUT2D eigenvalue weighted by Crippen LogP contribution is -2.35. The second-order valence-electron chi connectivity index (χ2n) is 3.95. The summed E-state index contributed by atoms with van der Waals surface area (Å²) in [4.78, 5) is 0. The number of phenolic OH excluding ortho intramolecular Hbond substituents is 1. The van der Waals surface area contributed by atoms with E-state index in [-0.39, 0.29) is 0 Å². The lowest BCUT2D eigenvalue weighted by atomic mass is 10.1. The molecule has 3 nitrogen and oxygen atoms in total. The molecular weight excluding hydrogens is 190 g/mol. The van der Waals surface area contributed by atoms with Crippen molar-refractivity contribution in [2.24, 2.45) is 0 Å². The Labute approximate surface area is 90.1 Å². The quantitative estimate of drug-likeness (QED) is 0.792. The van der Waals surface area contributed by atoms with E-state index >= 15 is 0 Å². The molecule has 1 aromatic rings. The van der Waals surface area contributed by atoms with Crippen LogP contribution in [0.4, 0.5) is 0 Å². The molecule has 1 fully saturated rings. The Morgan fingerprint density at radius 1 is 1.47 bits per heavy atom. The highest BCUT2D eigenvalue weighted by atomic mass is 16.5. The summed E-state index contributed by atoms with van der Waals surface area (Å²) >= 11 is 0. The Morgan fingerprint density at radius 2 is 2.40 bits per heavy atom. The first-order valence-corrected chi connectivity index (χ1v) is 5.45. The molecule has 1 aromatic carbocycles. The summed E-state index contributed by atoms with van der Waals surface area (Å²) in [5.74, 6) is 0.304. The van der Waals surface area contributed by atoms with Gasteiger partial charge in [-0.25, -0.2) is 0 Å². The molecule has 82 valence electrons. The summed E-state index contributed by atoms with van der Waals surface area (Å²) < 4.78 is 5.75. The van der Waals surface area contributed by atoms with Gasteiger partial charge in [0.1, 0.15) is 5.75 Å². The zero-order valence-electron chi connectivity index (χ0n) is 8.78. The van der Waals surface area contributed by atoms with Crippen LogP contribution in [-0.4, -0.2) is 24.3 Å². The number of benzene rings is 1. The highest BCUT2D eigenvalue weighted by Gasteiger charge is 2.12. The third-order valence-electron chi connectivity index (χ3n) is 2.65. The fourth-order valence-electron chi connectivity index (χ4n) is 1.82. The van der Waals surface area contributed by atoms with Crippen molar-refractivity contribution in [1.29, 1.82) is 0 Å². The first kappa shape index (κ1) is 10.5. The van der Waals surface area contributed by atoms with Gasteiger partial charge in [0.15, 0.2) is 0 Å². The van der Waals surface area contributed by atoms with Gasteiger partial charge in [-0.15, -0.1) is 0 Å². The fourth-order valence-corrected chi connectivity index (χ4v) is 1.82. The van der Waals surface area contributed by atoms with Gasteiger partial charge in [-0.2, -0.15) is 0 Å². The number of piperidine rings is 1. The van der Waals surface area contributed by atoms with Crippen LogP contribution in [0.15, 0.2) is 24.3 Å². The highest BCUT2D eigenvalue weighted by molar-refractivity contribution is 5.26. The number of phenols is 1. The minimum absolute atomic E-state index is 0.304. The summed E-state index contributed by atoms with van der Waals surface area (Å²) in [6.07, 6.45) is 2.64. The van der Waals surface area contributed by atoms with Crippen LogP contribution in [0.2, 0.25) is 0 Å². The molecule has 2 N–H and O–H groups in total. The van der Waals surface area contributed by atoms with E-state index in [9.17, 15) is 5.11 Å². The van der Waals surface area contributed by atoms with Crippen LogP contribution >= 0.6 is 0 Å². The summed E-state index contributed by atoms with van der Waals surface area (Å²) in [6.45, 7) is 2.63. The molecule has 0 aromatic heterocycles. The Bertz CT molecular complexity index is 308. The van der Waals surface area contributed by atoms with Gasteiger partial charge in [-0.3, -0.25) is 0 Å². The molecule has 0 aliphatic carbocycles. The number of ether oxygens (including phenoxy) is 1. The van der Waals surface area contributed by atoms with Crippen LogP contribution in [0.1, 0.15) is 18.4 Å². The normalized spacial score (nSPS) is 21.5. The van der Waals surface area contributed by atoms with Crippen LogP contribution in [0, 0.1) is 0 Å². The molecule has 0 radical (unpaired) electrons. The zero-order valence-corrected chi connectivity index (χ0v) is 8.78. The van der Waals surface area contributed by atoms with E-state index in [1.165, 1.54) is 6.42 Å². The zero-order chi connectivity index (χ0) is 10.5. The number of aromatic hydroxyl groups is 1. The van der Waals surface area contributed by atoms with Crippen LogP contribution in [0.3, 0.4) is 0 Å². The van der Waals surface area contributed by atoms with Crippen LogP contribution in [0.5, 0.6) is 5.75 Å². The molecule has 2 rings (SSSR count). The maximum Gasteiger partial charge on any atom is 0.115 e. The van der Waals surface area contributed by atoms with E-state index in [0.717, 1.165) is 25.1 Å². The summed E-state index contributed by atoms with van der Waals surface area (Å²) in [5, 5.41) is 12.6. The molecule has 0 spiro atoms. The standard InChI is InChI=1S/C12H17NO2/c14-11-4-1-3-10(7-11)9-15-12-5-2-6-13-8-12/h1,3-4,7,12-14H,2,5-6,8-9H2/t12-/m0/s1. The van der Waals surface area contributed by atoms with Crippen molar-refractivity contribution in [3.63, 3.8) is 0 Å². The maximum absolute atomic E-state index is 9.28. The first-order valence-electron chi connectivity index (χ1n) is 5.45. The molecule has 0 amide bonds. The minimum atomic E-state index is 0.304. The molecular formula is C12H17NO2. The average Bonchev–Trinajstić information content (AvgIpc) is 2.28. The van der Waals surface area contributed by atoms with E-state index in [2.05, 4.69) is 5.32 Å². The van der Waals surface area contributed by atoms with Crippen LogP contribution in [0.25, 0.3) is 0 Å². The predicted molar refractivity (Wildman–Crippen MR) is 58.8 cm³/mol. The number of hydrogen-bond acceptors (Lipinski definition) is 3. The van der Waals surface area contributed by atoms with E-state index < -0.39 is 0 Å². The number of hydrogen-bond donors (Lipinski definition) is 2.